The Morgan fingerprint density at radius 3 is 2.80 bits per heavy atom. The Bertz CT molecular complexity index is 406. The average molecular weight is 218 g/mol. The third-order valence-corrected chi connectivity index (χ3v) is 3.09. The highest BCUT2D eigenvalue weighted by molar-refractivity contribution is 7.08. The molecule has 1 aromatic heterocycles. The zero-order chi connectivity index (χ0) is 10.5. The molecule has 0 saturated carbocycles. The fraction of sp³-hybridized carbons (Fsp3) is 0.231. The van der Waals surface area contributed by atoms with Crippen LogP contribution < -0.4 is 0 Å². The molecule has 0 aliphatic carbocycles. The maximum absolute atomic E-state index is 8.78. The third-order valence-electron chi connectivity index (χ3n) is 2.41. The zero-order valence-electron chi connectivity index (χ0n) is 8.52. The highest BCUT2D eigenvalue weighted by Gasteiger charge is 1.99. The topological polar surface area (TPSA) is 20.2 Å². The lowest BCUT2D eigenvalue weighted by Gasteiger charge is -2.02. The fourth-order valence-corrected chi connectivity index (χ4v) is 2.28. The van der Waals surface area contributed by atoms with E-state index in [1.54, 1.807) is 11.3 Å². The normalized spacial score (nSPS) is 10.5. The van der Waals surface area contributed by atoms with Gasteiger partial charge in [-0.1, -0.05) is 24.3 Å². The van der Waals surface area contributed by atoms with E-state index in [4.69, 9.17) is 5.11 Å². The molecule has 15 heavy (non-hydrogen) atoms. The summed E-state index contributed by atoms with van der Waals surface area (Å²) in [6.45, 7) is 0.267. The van der Waals surface area contributed by atoms with Crippen LogP contribution in [0.15, 0.2) is 41.1 Å². The third kappa shape index (κ3) is 2.67. The van der Waals surface area contributed by atoms with Gasteiger partial charge in [0.05, 0.1) is 0 Å². The minimum absolute atomic E-state index is 0.267. The first-order valence-electron chi connectivity index (χ1n) is 5.12. The van der Waals surface area contributed by atoms with E-state index in [2.05, 4.69) is 41.1 Å². The van der Waals surface area contributed by atoms with Crippen LogP contribution in [0.1, 0.15) is 12.0 Å². The van der Waals surface area contributed by atoms with Gasteiger partial charge in [-0.05, 0) is 46.4 Å². The first kappa shape index (κ1) is 10.4. The molecule has 1 aromatic carbocycles. The Kier molecular flexibility index (Phi) is 3.54. The number of aliphatic hydroxyl groups excluding tert-OH is 1. The van der Waals surface area contributed by atoms with Gasteiger partial charge in [0.25, 0.3) is 0 Å². The molecule has 2 heteroatoms. The summed E-state index contributed by atoms with van der Waals surface area (Å²) in [6.07, 6.45) is 1.79. The number of rotatable bonds is 4. The van der Waals surface area contributed by atoms with E-state index in [1.807, 2.05) is 0 Å². The molecule has 0 aliphatic heterocycles. The van der Waals surface area contributed by atoms with Gasteiger partial charge in [-0.15, -0.1) is 0 Å². The van der Waals surface area contributed by atoms with Crippen molar-refractivity contribution in [1.82, 2.24) is 0 Å². The van der Waals surface area contributed by atoms with Crippen molar-refractivity contribution in [2.45, 2.75) is 12.8 Å². The number of hydrogen-bond donors (Lipinski definition) is 1. The minimum Gasteiger partial charge on any atom is -0.396 e. The van der Waals surface area contributed by atoms with Gasteiger partial charge in [0.2, 0.25) is 0 Å². The van der Waals surface area contributed by atoms with Gasteiger partial charge in [0, 0.05) is 6.61 Å². The number of hydrogen-bond acceptors (Lipinski definition) is 2. The van der Waals surface area contributed by atoms with Crippen molar-refractivity contribution >= 4 is 11.3 Å². The lowest BCUT2D eigenvalue weighted by atomic mass is 10.0. The molecule has 0 saturated heterocycles. The van der Waals surface area contributed by atoms with Crippen LogP contribution in [0.4, 0.5) is 0 Å². The highest BCUT2D eigenvalue weighted by atomic mass is 32.1. The molecule has 0 radical (unpaired) electrons. The maximum atomic E-state index is 8.78. The Labute approximate surface area is 94.0 Å². The predicted octanol–water partition coefficient (Wildman–Crippen LogP) is 3.34. The highest BCUT2D eigenvalue weighted by Crippen LogP contribution is 2.23. The van der Waals surface area contributed by atoms with Crippen molar-refractivity contribution < 1.29 is 5.11 Å². The molecule has 0 unspecified atom stereocenters. The Morgan fingerprint density at radius 1 is 1.13 bits per heavy atom. The van der Waals surface area contributed by atoms with Crippen molar-refractivity contribution in [3.63, 3.8) is 0 Å². The Hall–Kier alpha value is -1.12. The Morgan fingerprint density at radius 2 is 2.07 bits per heavy atom. The molecule has 78 valence electrons. The lowest BCUT2D eigenvalue weighted by Crippen LogP contribution is -1.89. The minimum atomic E-state index is 0.267. The van der Waals surface area contributed by atoms with E-state index in [0.29, 0.717) is 0 Å². The fourth-order valence-electron chi connectivity index (χ4n) is 1.62. The summed E-state index contributed by atoms with van der Waals surface area (Å²) in [7, 11) is 0. The molecule has 0 bridgehead atoms. The van der Waals surface area contributed by atoms with Crippen LogP contribution in [-0.4, -0.2) is 11.7 Å². The standard InChI is InChI=1S/C13H14OS/c14-7-2-4-11-3-1-5-12(9-11)13-6-8-15-10-13/h1,3,5-6,8-10,14H,2,4,7H2. The van der Waals surface area contributed by atoms with Gasteiger partial charge in [-0.2, -0.15) is 11.3 Å². The smallest absolute Gasteiger partial charge is 0.0434 e. The monoisotopic (exact) mass is 218 g/mol. The number of aryl methyl sites for hydroxylation is 1. The molecule has 0 fully saturated rings. The molecule has 1 heterocycles. The summed E-state index contributed by atoms with van der Waals surface area (Å²) in [5.41, 5.74) is 3.85. The van der Waals surface area contributed by atoms with Crippen LogP contribution >= 0.6 is 11.3 Å². The second-order valence-electron chi connectivity index (χ2n) is 3.54. The van der Waals surface area contributed by atoms with Gasteiger partial charge in [-0.25, -0.2) is 0 Å². The SMILES string of the molecule is OCCCc1cccc(-c2ccsc2)c1. The van der Waals surface area contributed by atoms with Crippen molar-refractivity contribution in [3.8, 4) is 11.1 Å². The summed E-state index contributed by atoms with van der Waals surface area (Å²) in [4.78, 5) is 0. The molecular formula is C13H14OS. The van der Waals surface area contributed by atoms with Gasteiger partial charge in [-0.3, -0.25) is 0 Å². The molecule has 0 atom stereocenters. The predicted molar refractivity (Wildman–Crippen MR) is 65.2 cm³/mol. The van der Waals surface area contributed by atoms with Gasteiger partial charge < -0.3 is 5.11 Å². The van der Waals surface area contributed by atoms with E-state index in [1.165, 1.54) is 16.7 Å². The summed E-state index contributed by atoms with van der Waals surface area (Å²) in [6, 6.07) is 10.7. The van der Waals surface area contributed by atoms with Crippen molar-refractivity contribution in [3.05, 3.63) is 46.7 Å². The zero-order valence-corrected chi connectivity index (χ0v) is 9.33. The van der Waals surface area contributed by atoms with E-state index in [-0.39, 0.29) is 6.61 Å². The first-order valence-corrected chi connectivity index (χ1v) is 6.07. The van der Waals surface area contributed by atoms with Gasteiger partial charge in [0.15, 0.2) is 0 Å². The summed E-state index contributed by atoms with van der Waals surface area (Å²) < 4.78 is 0. The largest absolute Gasteiger partial charge is 0.396 e. The van der Waals surface area contributed by atoms with E-state index < -0.39 is 0 Å². The van der Waals surface area contributed by atoms with Gasteiger partial charge >= 0.3 is 0 Å². The van der Waals surface area contributed by atoms with Crippen LogP contribution in [0.3, 0.4) is 0 Å². The summed E-state index contributed by atoms with van der Waals surface area (Å²) in [5.74, 6) is 0. The number of thiophene rings is 1. The molecule has 2 aromatic rings. The van der Waals surface area contributed by atoms with E-state index in [0.717, 1.165) is 12.8 Å². The van der Waals surface area contributed by atoms with E-state index >= 15 is 0 Å². The molecule has 0 aliphatic rings. The number of aliphatic hydroxyl groups is 1. The van der Waals surface area contributed by atoms with Crippen LogP contribution in [-0.2, 0) is 6.42 Å². The lowest BCUT2D eigenvalue weighted by molar-refractivity contribution is 0.288. The molecule has 0 spiro atoms. The molecule has 1 N–H and O–H groups in total. The molecule has 0 amide bonds. The van der Waals surface area contributed by atoms with Crippen LogP contribution in [0.5, 0.6) is 0 Å². The quantitative estimate of drug-likeness (QED) is 0.834. The average Bonchev–Trinajstić information content (AvgIpc) is 2.80. The second-order valence-corrected chi connectivity index (χ2v) is 4.32. The summed E-state index contributed by atoms with van der Waals surface area (Å²) >= 11 is 1.72. The summed E-state index contributed by atoms with van der Waals surface area (Å²) in [5, 5.41) is 13.0. The second kappa shape index (κ2) is 5.10. The maximum Gasteiger partial charge on any atom is 0.0434 e. The van der Waals surface area contributed by atoms with Crippen LogP contribution in [0.2, 0.25) is 0 Å². The number of benzene rings is 1. The van der Waals surface area contributed by atoms with Gasteiger partial charge in [0.1, 0.15) is 0 Å². The van der Waals surface area contributed by atoms with Crippen LogP contribution in [0.25, 0.3) is 11.1 Å². The first-order chi connectivity index (χ1) is 7.40. The van der Waals surface area contributed by atoms with Crippen molar-refractivity contribution in [1.29, 1.82) is 0 Å². The van der Waals surface area contributed by atoms with E-state index in [9.17, 15) is 0 Å². The van der Waals surface area contributed by atoms with Crippen molar-refractivity contribution in [2.75, 3.05) is 6.61 Å². The Balaban J connectivity index is 2.19. The van der Waals surface area contributed by atoms with Crippen molar-refractivity contribution in [2.24, 2.45) is 0 Å². The molecular weight excluding hydrogens is 204 g/mol. The molecule has 1 nitrogen and oxygen atoms in total. The molecule has 2 rings (SSSR count). The van der Waals surface area contributed by atoms with Crippen LogP contribution in [0, 0.1) is 0 Å².